The first-order chi connectivity index (χ1) is 7.48. The SMILES string of the molecule is CC(C)C1CC(O)(Cc2cncc(Br)c2)C1. The molecule has 88 valence electrons. The molecule has 0 atom stereocenters. The van der Waals surface area contributed by atoms with Gasteiger partial charge in [-0.05, 0) is 52.2 Å². The molecule has 0 spiro atoms. The van der Waals surface area contributed by atoms with Gasteiger partial charge in [0.25, 0.3) is 0 Å². The number of aromatic nitrogens is 1. The van der Waals surface area contributed by atoms with Crippen LogP contribution in [0, 0.1) is 11.8 Å². The molecule has 16 heavy (non-hydrogen) atoms. The Morgan fingerprint density at radius 2 is 2.19 bits per heavy atom. The van der Waals surface area contributed by atoms with Crippen molar-refractivity contribution in [1.82, 2.24) is 4.98 Å². The minimum absolute atomic E-state index is 0.489. The van der Waals surface area contributed by atoms with Crippen LogP contribution in [0.3, 0.4) is 0 Å². The van der Waals surface area contributed by atoms with Gasteiger partial charge in [-0.2, -0.15) is 0 Å². The fourth-order valence-electron chi connectivity index (χ4n) is 2.46. The molecular weight excluding hydrogens is 266 g/mol. The van der Waals surface area contributed by atoms with E-state index < -0.39 is 5.60 Å². The Morgan fingerprint density at radius 1 is 1.50 bits per heavy atom. The van der Waals surface area contributed by atoms with Crippen molar-refractivity contribution >= 4 is 15.9 Å². The Balaban J connectivity index is 1.96. The van der Waals surface area contributed by atoms with Crippen LogP contribution in [-0.2, 0) is 6.42 Å². The summed E-state index contributed by atoms with van der Waals surface area (Å²) in [6, 6.07) is 2.04. The zero-order chi connectivity index (χ0) is 11.8. The van der Waals surface area contributed by atoms with Crippen LogP contribution < -0.4 is 0 Å². The van der Waals surface area contributed by atoms with Crippen molar-refractivity contribution in [3.63, 3.8) is 0 Å². The van der Waals surface area contributed by atoms with Crippen molar-refractivity contribution in [2.75, 3.05) is 0 Å². The number of rotatable bonds is 3. The summed E-state index contributed by atoms with van der Waals surface area (Å²) in [7, 11) is 0. The summed E-state index contributed by atoms with van der Waals surface area (Å²) >= 11 is 3.40. The van der Waals surface area contributed by atoms with Gasteiger partial charge in [0.2, 0.25) is 0 Å². The van der Waals surface area contributed by atoms with E-state index in [1.165, 1.54) is 0 Å². The zero-order valence-corrected chi connectivity index (χ0v) is 11.4. The van der Waals surface area contributed by atoms with Crippen molar-refractivity contribution in [1.29, 1.82) is 0 Å². The molecule has 1 aliphatic carbocycles. The zero-order valence-electron chi connectivity index (χ0n) is 9.78. The molecule has 1 fully saturated rings. The molecule has 1 aliphatic rings. The highest BCUT2D eigenvalue weighted by Gasteiger charge is 2.43. The summed E-state index contributed by atoms with van der Waals surface area (Å²) < 4.78 is 0.980. The predicted molar refractivity (Wildman–Crippen MR) is 68.2 cm³/mol. The number of nitrogens with zero attached hydrogens (tertiary/aromatic N) is 1. The van der Waals surface area contributed by atoms with E-state index in [4.69, 9.17) is 0 Å². The Kier molecular flexibility index (Phi) is 3.36. The molecular formula is C13H18BrNO. The van der Waals surface area contributed by atoms with E-state index >= 15 is 0 Å². The minimum Gasteiger partial charge on any atom is -0.390 e. The molecule has 0 saturated heterocycles. The average Bonchev–Trinajstić information content (AvgIpc) is 2.13. The van der Waals surface area contributed by atoms with Gasteiger partial charge in [-0.25, -0.2) is 0 Å². The predicted octanol–water partition coefficient (Wildman–Crippen LogP) is 3.18. The van der Waals surface area contributed by atoms with Gasteiger partial charge in [-0.1, -0.05) is 13.8 Å². The van der Waals surface area contributed by atoms with Gasteiger partial charge in [0, 0.05) is 23.3 Å². The quantitative estimate of drug-likeness (QED) is 0.924. The lowest BCUT2D eigenvalue weighted by molar-refractivity contribution is -0.0860. The summed E-state index contributed by atoms with van der Waals surface area (Å²) in [5.41, 5.74) is 0.622. The van der Waals surface area contributed by atoms with Crippen LogP contribution in [0.5, 0.6) is 0 Å². The fraction of sp³-hybridized carbons (Fsp3) is 0.615. The van der Waals surface area contributed by atoms with E-state index in [0.29, 0.717) is 11.8 Å². The van der Waals surface area contributed by atoms with Gasteiger partial charge < -0.3 is 5.11 Å². The second kappa shape index (κ2) is 4.46. The molecule has 1 aromatic rings. The van der Waals surface area contributed by atoms with E-state index in [1.54, 1.807) is 6.20 Å². The maximum absolute atomic E-state index is 10.3. The third-order valence-corrected chi connectivity index (χ3v) is 3.96. The molecule has 1 heterocycles. The second-order valence-electron chi connectivity index (χ2n) is 5.32. The lowest BCUT2D eigenvalue weighted by Crippen LogP contribution is -2.47. The first kappa shape index (κ1) is 12.1. The molecule has 0 aliphatic heterocycles. The van der Waals surface area contributed by atoms with Crippen LogP contribution >= 0.6 is 15.9 Å². The van der Waals surface area contributed by atoms with Crippen molar-refractivity contribution in [3.8, 4) is 0 Å². The van der Waals surface area contributed by atoms with E-state index in [0.717, 1.165) is 29.3 Å². The monoisotopic (exact) mass is 283 g/mol. The first-order valence-electron chi connectivity index (χ1n) is 5.80. The summed E-state index contributed by atoms with van der Waals surface area (Å²) in [6.45, 7) is 4.45. The average molecular weight is 284 g/mol. The molecule has 1 saturated carbocycles. The summed E-state index contributed by atoms with van der Waals surface area (Å²) in [4.78, 5) is 4.12. The van der Waals surface area contributed by atoms with Gasteiger partial charge in [-0.3, -0.25) is 4.98 Å². The smallest absolute Gasteiger partial charge is 0.0694 e. The van der Waals surface area contributed by atoms with Gasteiger partial charge in [-0.15, -0.1) is 0 Å². The van der Waals surface area contributed by atoms with Crippen molar-refractivity contribution < 1.29 is 5.11 Å². The summed E-state index contributed by atoms with van der Waals surface area (Å²) in [6.07, 6.45) is 6.19. The van der Waals surface area contributed by atoms with Crippen LogP contribution in [0.25, 0.3) is 0 Å². The highest BCUT2D eigenvalue weighted by atomic mass is 79.9. The van der Waals surface area contributed by atoms with Crippen LogP contribution in [0.2, 0.25) is 0 Å². The largest absolute Gasteiger partial charge is 0.390 e. The van der Waals surface area contributed by atoms with Gasteiger partial charge in [0.1, 0.15) is 0 Å². The molecule has 2 nitrogen and oxygen atoms in total. The standard InChI is InChI=1S/C13H18BrNO/c1-9(2)11-5-13(16,6-11)4-10-3-12(14)8-15-7-10/h3,7-9,11,16H,4-6H2,1-2H3. The molecule has 1 aromatic heterocycles. The van der Waals surface area contributed by atoms with Crippen LogP contribution in [0.15, 0.2) is 22.9 Å². The summed E-state index contributed by atoms with van der Waals surface area (Å²) in [5.74, 6) is 1.37. The number of halogens is 1. The number of hydrogen-bond acceptors (Lipinski definition) is 2. The Morgan fingerprint density at radius 3 is 2.75 bits per heavy atom. The minimum atomic E-state index is -0.489. The molecule has 0 radical (unpaired) electrons. The molecule has 0 amide bonds. The highest BCUT2D eigenvalue weighted by molar-refractivity contribution is 9.10. The van der Waals surface area contributed by atoms with Crippen molar-refractivity contribution in [2.45, 2.75) is 38.7 Å². The molecule has 0 aromatic carbocycles. The van der Waals surface area contributed by atoms with E-state index in [1.807, 2.05) is 12.3 Å². The normalized spacial score (nSPS) is 29.2. The Bertz CT molecular complexity index is 372. The maximum atomic E-state index is 10.3. The molecule has 0 unspecified atom stereocenters. The molecule has 3 heteroatoms. The first-order valence-corrected chi connectivity index (χ1v) is 6.60. The van der Waals surface area contributed by atoms with Crippen LogP contribution in [-0.4, -0.2) is 15.7 Å². The van der Waals surface area contributed by atoms with E-state index in [-0.39, 0.29) is 0 Å². The molecule has 1 N–H and O–H groups in total. The highest BCUT2D eigenvalue weighted by Crippen LogP contribution is 2.43. The Labute approximate surface area is 105 Å². The van der Waals surface area contributed by atoms with Crippen molar-refractivity contribution in [2.24, 2.45) is 11.8 Å². The molecule has 0 bridgehead atoms. The second-order valence-corrected chi connectivity index (χ2v) is 6.24. The topological polar surface area (TPSA) is 33.1 Å². The van der Waals surface area contributed by atoms with E-state index in [9.17, 15) is 5.11 Å². The summed E-state index contributed by atoms with van der Waals surface area (Å²) in [5, 5.41) is 10.3. The van der Waals surface area contributed by atoms with Gasteiger partial charge in [0.15, 0.2) is 0 Å². The lowest BCUT2D eigenvalue weighted by atomic mass is 9.64. The number of hydrogen-bond donors (Lipinski definition) is 1. The lowest BCUT2D eigenvalue weighted by Gasteiger charge is -2.46. The Hall–Kier alpha value is -0.410. The number of aliphatic hydroxyl groups is 1. The van der Waals surface area contributed by atoms with Crippen molar-refractivity contribution in [3.05, 3.63) is 28.5 Å². The number of pyridine rings is 1. The molecule has 2 rings (SSSR count). The van der Waals surface area contributed by atoms with Crippen LogP contribution in [0.4, 0.5) is 0 Å². The third kappa shape index (κ3) is 2.64. The maximum Gasteiger partial charge on any atom is 0.0694 e. The van der Waals surface area contributed by atoms with Gasteiger partial charge >= 0.3 is 0 Å². The van der Waals surface area contributed by atoms with Crippen LogP contribution in [0.1, 0.15) is 32.3 Å². The van der Waals surface area contributed by atoms with Gasteiger partial charge in [0.05, 0.1) is 5.60 Å². The fourth-order valence-corrected chi connectivity index (χ4v) is 2.88. The van der Waals surface area contributed by atoms with E-state index in [2.05, 4.69) is 34.8 Å². The third-order valence-electron chi connectivity index (χ3n) is 3.52.